The monoisotopic (exact) mass is 313 g/mol. The summed E-state index contributed by atoms with van der Waals surface area (Å²) in [4.78, 5) is 11.4. The molecule has 0 aliphatic heterocycles. The first-order chi connectivity index (χ1) is 9.70. The largest absolute Gasteiger partial charge is 0.384 e. The molecule has 7 heteroatoms. The van der Waals surface area contributed by atoms with Crippen LogP contribution in [0.25, 0.3) is 0 Å². The summed E-state index contributed by atoms with van der Waals surface area (Å²) in [5.41, 5.74) is 4.85. The maximum absolute atomic E-state index is 12.4. The molecule has 21 heavy (non-hydrogen) atoms. The molecule has 0 atom stereocenters. The van der Waals surface area contributed by atoms with E-state index in [9.17, 15) is 13.2 Å². The van der Waals surface area contributed by atoms with Crippen molar-refractivity contribution >= 4 is 21.6 Å². The second-order valence-electron chi connectivity index (χ2n) is 5.50. The number of para-hydroxylation sites is 1. The van der Waals surface area contributed by atoms with E-state index >= 15 is 0 Å². The molecule has 0 fully saturated rings. The molecule has 0 spiro atoms. The maximum atomic E-state index is 12.4. The first kappa shape index (κ1) is 17.5. The van der Waals surface area contributed by atoms with Crippen LogP contribution in [0, 0.1) is 5.41 Å². The quantitative estimate of drug-likeness (QED) is 0.673. The normalized spacial score (nSPS) is 12.1. The Morgan fingerprint density at radius 1 is 1.29 bits per heavy atom. The van der Waals surface area contributed by atoms with Crippen molar-refractivity contribution in [2.75, 3.05) is 18.4 Å². The molecule has 0 saturated carbocycles. The Kier molecular flexibility index (Phi) is 5.74. The molecule has 1 aromatic rings. The van der Waals surface area contributed by atoms with Gasteiger partial charge in [0.15, 0.2) is 0 Å². The first-order valence-electron chi connectivity index (χ1n) is 6.83. The van der Waals surface area contributed by atoms with E-state index in [4.69, 9.17) is 5.73 Å². The number of carbonyl (C=O) groups is 1. The molecule has 0 aliphatic rings. The van der Waals surface area contributed by atoms with Gasteiger partial charge in [0.05, 0.1) is 11.1 Å². The van der Waals surface area contributed by atoms with E-state index in [1.807, 2.05) is 6.92 Å². The molecule has 1 rings (SSSR count). The Bertz CT molecular complexity index is 597. The van der Waals surface area contributed by atoms with Gasteiger partial charge in [-0.1, -0.05) is 19.1 Å². The Morgan fingerprint density at radius 3 is 2.48 bits per heavy atom. The van der Waals surface area contributed by atoms with Crippen LogP contribution in [0.15, 0.2) is 29.2 Å². The minimum absolute atomic E-state index is 0.0488. The van der Waals surface area contributed by atoms with Gasteiger partial charge >= 0.3 is 0 Å². The second kappa shape index (κ2) is 6.91. The van der Waals surface area contributed by atoms with Gasteiger partial charge in [0.25, 0.3) is 0 Å². The lowest BCUT2D eigenvalue weighted by Crippen LogP contribution is -2.42. The van der Waals surface area contributed by atoms with Gasteiger partial charge in [0.1, 0.15) is 4.90 Å². The maximum Gasteiger partial charge on any atom is 0.242 e. The van der Waals surface area contributed by atoms with Crippen LogP contribution >= 0.6 is 0 Å². The standard InChI is InChI=1S/C14H23N3O3S/c1-4-9-16-11-7-5-6-8-12(11)21(19,20)17-10-14(2,3)13(15)18/h5-8,16-17H,4,9-10H2,1-3H3,(H2,15,18). The van der Waals surface area contributed by atoms with Crippen LogP contribution in [-0.4, -0.2) is 27.4 Å². The summed E-state index contributed by atoms with van der Waals surface area (Å²) in [6.07, 6.45) is 0.885. The van der Waals surface area contributed by atoms with E-state index in [0.29, 0.717) is 12.2 Å². The van der Waals surface area contributed by atoms with Crippen molar-refractivity contribution in [3.63, 3.8) is 0 Å². The van der Waals surface area contributed by atoms with Crippen molar-refractivity contribution in [1.82, 2.24) is 4.72 Å². The number of anilines is 1. The van der Waals surface area contributed by atoms with Gasteiger partial charge in [-0.2, -0.15) is 0 Å². The second-order valence-corrected chi connectivity index (χ2v) is 7.23. The van der Waals surface area contributed by atoms with E-state index in [2.05, 4.69) is 10.0 Å². The Hall–Kier alpha value is -1.60. The zero-order chi connectivity index (χ0) is 16.1. The topological polar surface area (TPSA) is 101 Å². The molecule has 0 aromatic heterocycles. The number of carbonyl (C=O) groups excluding carboxylic acids is 1. The van der Waals surface area contributed by atoms with Gasteiger partial charge < -0.3 is 11.1 Å². The number of hydrogen-bond acceptors (Lipinski definition) is 4. The molecular formula is C14H23N3O3S. The van der Waals surface area contributed by atoms with Crippen molar-refractivity contribution in [2.45, 2.75) is 32.1 Å². The number of hydrogen-bond donors (Lipinski definition) is 3. The molecule has 0 saturated heterocycles. The van der Waals surface area contributed by atoms with Crippen LogP contribution in [0.4, 0.5) is 5.69 Å². The Balaban J connectivity index is 2.96. The van der Waals surface area contributed by atoms with Crippen molar-refractivity contribution in [1.29, 1.82) is 0 Å². The zero-order valence-electron chi connectivity index (χ0n) is 12.6. The average Bonchev–Trinajstić information content (AvgIpc) is 2.43. The highest BCUT2D eigenvalue weighted by Crippen LogP contribution is 2.22. The van der Waals surface area contributed by atoms with Crippen LogP contribution < -0.4 is 15.8 Å². The van der Waals surface area contributed by atoms with Gasteiger partial charge in [-0.3, -0.25) is 4.79 Å². The van der Waals surface area contributed by atoms with Gasteiger partial charge in [0, 0.05) is 13.1 Å². The number of nitrogens with two attached hydrogens (primary N) is 1. The molecule has 1 aromatic carbocycles. The summed E-state index contributed by atoms with van der Waals surface area (Å²) in [6.45, 7) is 5.82. The van der Waals surface area contributed by atoms with E-state index in [0.717, 1.165) is 6.42 Å². The fraction of sp³-hybridized carbons (Fsp3) is 0.500. The lowest BCUT2D eigenvalue weighted by molar-refractivity contribution is -0.125. The summed E-state index contributed by atoms with van der Waals surface area (Å²) in [6, 6.07) is 6.66. The number of amides is 1. The van der Waals surface area contributed by atoms with Crippen LogP contribution in [0.2, 0.25) is 0 Å². The average molecular weight is 313 g/mol. The minimum atomic E-state index is -3.71. The van der Waals surface area contributed by atoms with Crippen molar-refractivity contribution in [3.05, 3.63) is 24.3 Å². The van der Waals surface area contributed by atoms with Crippen LogP contribution in [0.5, 0.6) is 0 Å². The third-order valence-corrected chi connectivity index (χ3v) is 4.57. The van der Waals surface area contributed by atoms with Gasteiger partial charge in [-0.25, -0.2) is 13.1 Å². The number of primary amides is 1. The highest BCUT2D eigenvalue weighted by Gasteiger charge is 2.28. The number of benzene rings is 1. The predicted octanol–water partition coefficient (Wildman–Crippen LogP) is 1.30. The van der Waals surface area contributed by atoms with E-state index in [1.165, 1.54) is 6.07 Å². The summed E-state index contributed by atoms with van der Waals surface area (Å²) in [5.74, 6) is -0.553. The zero-order valence-corrected chi connectivity index (χ0v) is 13.5. The fourth-order valence-electron chi connectivity index (χ4n) is 1.55. The molecule has 118 valence electrons. The summed E-state index contributed by atoms with van der Waals surface area (Å²) in [7, 11) is -3.71. The molecule has 6 nitrogen and oxygen atoms in total. The molecule has 0 unspecified atom stereocenters. The summed E-state index contributed by atoms with van der Waals surface area (Å²) in [5, 5.41) is 3.08. The van der Waals surface area contributed by atoms with Crippen molar-refractivity contribution in [3.8, 4) is 0 Å². The van der Waals surface area contributed by atoms with Crippen molar-refractivity contribution in [2.24, 2.45) is 11.1 Å². The molecule has 0 heterocycles. The van der Waals surface area contributed by atoms with Crippen LogP contribution in [0.1, 0.15) is 27.2 Å². The molecule has 0 radical (unpaired) electrons. The lowest BCUT2D eigenvalue weighted by Gasteiger charge is -2.21. The molecule has 1 amide bonds. The third-order valence-electron chi connectivity index (χ3n) is 3.11. The first-order valence-corrected chi connectivity index (χ1v) is 8.31. The molecule has 0 aliphatic carbocycles. The number of rotatable bonds is 8. The van der Waals surface area contributed by atoms with E-state index < -0.39 is 21.3 Å². The molecular weight excluding hydrogens is 290 g/mol. The van der Waals surface area contributed by atoms with Crippen molar-refractivity contribution < 1.29 is 13.2 Å². The predicted molar refractivity (Wildman–Crippen MR) is 83.4 cm³/mol. The fourth-order valence-corrected chi connectivity index (χ4v) is 2.94. The Morgan fingerprint density at radius 2 is 1.90 bits per heavy atom. The van der Waals surface area contributed by atoms with Gasteiger partial charge in [-0.15, -0.1) is 0 Å². The minimum Gasteiger partial charge on any atom is -0.384 e. The summed E-state index contributed by atoms with van der Waals surface area (Å²) < 4.78 is 27.2. The Labute approximate surface area is 126 Å². The smallest absolute Gasteiger partial charge is 0.242 e. The molecule has 4 N–H and O–H groups in total. The van der Waals surface area contributed by atoms with E-state index in [1.54, 1.807) is 32.0 Å². The highest BCUT2D eigenvalue weighted by atomic mass is 32.2. The van der Waals surface area contributed by atoms with E-state index in [-0.39, 0.29) is 11.4 Å². The number of nitrogens with one attached hydrogen (secondary N) is 2. The summed E-state index contributed by atoms with van der Waals surface area (Å²) >= 11 is 0. The van der Waals surface area contributed by atoms with Crippen LogP contribution in [-0.2, 0) is 14.8 Å². The van der Waals surface area contributed by atoms with Crippen LogP contribution in [0.3, 0.4) is 0 Å². The van der Waals surface area contributed by atoms with Gasteiger partial charge in [-0.05, 0) is 32.4 Å². The SMILES string of the molecule is CCCNc1ccccc1S(=O)(=O)NCC(C)(C)C(N)=O. The molecule has 0 bridgehead atoms. The number of sulfonamides is 1. The third kappa shape index (κ3) is 4.71. The highest BCUT2D eigenvalue weighted by molar-refractivity contribution is 7.89. The van der Waals surface area contributed by atoms with Gasteiger partial charge in [0.2, 0.25) is 15.9 Å². The lowest BCUT2D eigenvalue weighted by atomic mass is 9.93.